The number of hydroxylamine groups is 2. The molecule has 0 spiro atoms. The highest BCUT2D eigenvalue weighted by molar-refractivity contribution is 7.13. The van der Waals surface area contributed by atoms with Crippen molar-refractivity contribution in [3.05, 3.63) is 41.4 Å². The Bertz CT molecular complexity index is 623. The van der Waals surface area contributed by atoms with E-state index in [0.29, 0.717) is 12.6 Å². The van der Waals surface area contributed by atoms with Gasteiger partial charge in [0.05, 0.1) is 17.2 Å². The monoisotopic (exact) mass is 343 g/mol. The van der Waals surface area contributed by atoms with Crippen LogP contribution < -0.4 is 0 Å². The molecular weight excluding hydrogens is 318 g/mol. The molecule has 2 aliphatic heterocycles. The van der Waals surface area contributed by atoms with Gasteiger partial charge in [-0.1, -0.05) is 12.1 Å². The zero-order valence-electron chi connectivity index (χ0n) is 14.1. The number of hydrogen-bond acceptors (Lipinski definition) is 5. The lowest BCUT2D eigenvalue weighted by Crippen LogP contribution is -2.39. The Balaban J connectivity index is 1.30. The summed E-state index contributed by atoms with van der Waals surface area (Å²) in [7, 11) is 0. The summed E-state index contributed by atoms with van der Waals surface area (Å²) in [6, 6.07) is 8.95. The summed E-state index contributed by atoms with van der Waals surface area (Å²) in [6.07, 6.45) is 7.16. The van der Waals surface area contributed by atoms with Crippen molar-refractivity contribution >= 4 is 11.3 Å². The van der Waals surface area contributed by atoms with Crippen molar-refractivity contribution in [3.8, 4) is 10.6 Å². The van der Waals surface area contributed by atoms with E-state index < -0.39 is 0 Å². The van der Waals surface area contributed by atoms with Gasteiger partial charge in [-0.25, -0.2) is 0 Å². The Morgan fingerprint density at radius 3 is 2.79 bits per heavy atom. The van der Waals surface area contributed by atoms with Crippen LogP contribution in [0.1, 0.15) is 31.2 Å². The number of thiophene rings is 1. The summed E-state index contributed by atoms with van der Waals surface area (Å²) >= 11 is 1.72. The fourth-order valence-corrected chi connectivity index (χ4v) is 4.36. The molecule has 0 bridgehead atoms. The Hall–Kier alpha value is -1.27. The third kappa shape index (κ3) is 3.86. The lowest BCUT2D eigenvalue weighted by Gasteiger charge is -2.27. The van der Waals surface area contributed by atoms with E-state index in [1.54, 1.807) is 11.3 Å². The van der Waals surface area contributed by atoms with Crippen LogP contribution in [0.15, 0.2) is 35.8 Å². The van der Waals surface area contributed by atoms with Crippen LogP contribution in [-0.4, -0.2) is 47.2 Å². The Morgan fingerprint density at radius 2 is 2.04 bits per heavy atom. The molecule has 4 rings (SSSR count). The first-order valence-electron chi connectivity index (χ1n) is 8.99. The molecule has 1 atom stereocenters. The van der Waals surface area contributed by atoms with E-state index in [0.717, 1.165) is 24.3 Å². The summed E-state index contributed by atoms with van der Waals surface area (Å²) in [6.45, 7) is 5.36. The van der Waals surface area contributed by atoms with Crippen molar-refractivity contribution in [2.24, 2.45) is 0 Å². The van der Waals surface area contributed by atoms with Crippen molar-refractivity contribution in [2.45, 2.75) is 38.3 Å². The first-order chi connectivity index (χ1) is 11.9. The number of rotatable bonds is 6. The second-order valence-corrected chi connectivity index (χ2v) is 7.69. The van der Waals surface area contributed by atoms with Crippen LogP contribution in [0.25, 0.3) is 10.6 Å². The molecule has 24 heavy (non-hydrogen) atoms. The molecule has 2 aromatic rings. The predicted molar refractivity (Wildman–Crippen MR) is 97.7 cm³/mol. The highest BCUT2D eigenvalue weighted by Gasteiger charge is 2.28. The second kappa shape index (κ2) is 7.74. The highest BCUT2D eigenvalue weighted by Crippen LogP contribution is 2.24. The molecule has 128 valence electrons. The third-order valence-electron chi connectivity index (χ3n) is 4.99. The average molecular weight is 343 g/mol. The molecule has 4 nitrogen and oxygen atoms in total. The van der Waals surface area contributed by atoms with Gasteiger partial charge in [0.2, 0.25) is 0 Å². The summed E-state index contributed by atoms with van der Waals surface area (Å²) in [5.41, 5.74) is 2.18. The smallest absolute Gasteiger partial charge is 0.0950 e. The van der Waals surface area contributed by atoms with E-state index >= 15 is 0 Å². The Labute approximate surface area is 148 Å². The quantitative estimate of drug-likeness (QED) is 0.798. The van der Waals surface area contributed by atoms with Crippen molar-refractivity contribution in [1.82, 2.24) is 14.9 Å². The van der Waals surface area contributed by atoms with Crippen LogP contribution >= 0.6 is 11.3 Å². The minimum atomic E-state index is 0.557. The van der Waals surface area contributed by atoms with Gasteiger partial charge in [-0.15, -0.1) is 11.3 Å². The van der Waals surface area contributed by atoms with Crippen LogP contribution in [0.2, 0.25) is 0 Å². The van der Waals surface area contributed by atoms with Crippen LogP contribution in [-0.2, 0) is 11.4 Å². The maximum Gasteiger partial charge on any atom is 0.0950 e. The zero-order valence-corrected chi connectivity index (χ0v) is 14.9. The first-order valence-corrected chi connectivity index (χ1v) is 9.87. The van der Waals surface area contributed by atoms with Gasteiger partial charge in [-0.3, -0.25) is 9.82 Å². The van der Waals surface area contributed by atoms with Crippen molar-refractivity contribution in [3.63, 3.8) is 0 Å². The molecule has 0 N–H and O–H groups in total. The lowest BCUT2D eigenvalue weighted by atomic mass is 10.2. The zero-order chi connectivity index (χ0) is 16.2. The van der Waals surface area contributed by atoms with Crippen LogP contribution in [0.5, 0.6) is 0 Å². The fraction of sp³-hybridized carbons (Fsp3) is 0.526. The van der Waals surface area contributed by atoms with Gasteiger partial charge in [0.25, 0.3) is 0 Å². The van der Waals surface area contributed by atoms with Crippen LogP contribution in [0.4, 0.5) is 0 Å². The molecule has 0 aromatic carbocycles. The van der Waals surface area contributed by atoms with E-state index in [1.165, 1.54) is 43.6 Å². The molecule has 0 saturated carbocycles. The number of aromatic nitrogens is 1. The van der Waals surface area contributed by atoms with Crippen LogP contribution in [0, 0.1) is 0 Å². The summed E-state index contributed by atoms with van der Waals surface area (Å²) in [5, 5.41) is 4.30. The molecule has 1 unspecified atom stereocenters. The van der Waals surface area contributed by atoms with Crippen molar-refractivity contribution in [2.75, 3.05) is 26.2 Å². The molecule has 2 saturated heterocycles. The minimum absolute atomic E-state index is 0.557. The highest BCUT2D eigenvalue weighted by atomic mass is 32.1. The van der Waals surface area contributed by atoms with E-state index in [1.807, 2.05) is 6.20 Å². The molecule has 4 heterocycles. The SMILES string of the molecule is c1csc(-c2ccc(CON3CCCC3CN3CCCC3)cn2)c1. The molecule has 0 radical (unpaired) electrons. The van der Waals surface area contributed by atoms with Gasteiger partial charge in [0.15, 0.2) is 0 Å². The minimum Gasteiger partial charge on any atom is -0.302 e. The van der Waals surface area contributed by atoms with Gasteiger partial charge in [-0.2, -0.15) is 5.06 Å². The molecule has 0 amide bonds. The second-order valence-electron chi connectivity index (χ2n) is 6.75. The van der Waals surface area contributed by atoms with E-state index in [9.17, 15) is 0 Å². The summed E-state index contributed by atoms with van der Waals surface area (Å²) in [5.74, 6) is 0. The Kier molecular flexibility index (Phi) is 5.23. The van der Waals surface area contributed by atoms with Crippen molar-refractivity contribution in [1.29, 1.82) is 0 Å². The molecule has 2 aromatic heterocycles. The summed E-state index contributed by atoms with van der Waals surface area (Å²) in [4.78, 5) is 14.5. The molecule has 2 aliphatic rings. The van der Waals surface area contributed by atoms with Gasteiger partial charge in [0.1, 0.15) is 0 Å². The number of nitrogens with zero attached hydrogens (tertiary/aromatic N) is 3. The third-order valence-corrected chi connectivity index (χ3v) is 5.88. The number of likely N-dealkylation sites (tertiary alicyclic amines) is 1. The van der Waals surface area contributed by atoms with E-state index in [4.69, 9.17) is 4.84 Å². The topological polar surface area (TPSA) is 28.6 Å². The molecule has 2 fully saturated rings. The maximum atomic E-state index is 6.11. The van der Waals surface area contributed by atoms with Gasteiger partial charge in [0, 0.05) is 25.3 Å². The standard InChI is InChI=1S/C19H25N3OS/c1-2-10-21(9-1)14-17-5-3-11-22(17)23-15-16-7-8-18(20-13-16)19-6-4-12-24-19/h4,6-8,12-13,17H,1-3,5,9-11,14-15H2. The van der Waals surface area contributed by atoms with Crippen molar-refractivity contribution < 1.29 is 4.84 Å². The summed E-state index contributed by atoms with van der Waals surface area (Å²) < 4.78 is 0. The Morgan fingerprint density at radius 1 is 1.12 bits per heavy atom. The number of pyridine rings is 1. The van der Waals surface area contributed by atoms with Crippen LogP contribution in [0.3, 0.4) is 0 Å². The fourth-order valence-electron chi connectivity index (χ4n) is 3.66. The van der Waals surface area contributed by atoms with Gasteiger partial charge >= 0.3 is 0 Å². The lowest BCUT2D eigenvalue weighted by molar-refractivity contribution is -0.181. The van der Waals surface area contributed by atoms with E-state index in [2.05, 4.69) is 44.6 Å². The first kappa shape index (κ1) is 16.2. The molecule has 5 heteroatoms. The number of hydrogen-bond donors (Lipinski definition) is 0. The largest absolute Gasteiger partial charge is 0.302 e. The maximum absolute atomic E-state index is 6.11. The molecule has 0 aliphatic carbocycles. The van der Waals surface area contributed by atoms with Gasteiger partial charge < -0.3 is 4.90 Å². The van der Waals surface area contributed by atoms with Gasteiger partial charge in [-0.05, 0) is 61.8 Å². The molecular formula is C19H25N3OS. The average Bonchev–Trinajstić information content (AvgIpc) is 3.37. The normalized spacial score (nSPS) is 22.4. The predicted octanol–water partition coefficient (Wildman–Crippen LogP) is 3.80. The van der Waals surface area contributed by atoms with E-state index in [-0.39, 0.29) is 0 Å².